The molecule has 180 valence electrons. The van der Waals surface area contributed by atoms with Crippen molar-refractivity contribution >= 4 is 17.0 Å². The topological polar surface area (TPSA) is 86.0 Å². The van der Waals surface area contributed by atoms with Crippen molar-refractivity contribution in [2.75, 3.05) is 24.6 Å². The molecule has 4 heterocycles. The second kappa shape index (κ2) is 8.73. The Hall–Kier alpha value is -3.86. The molecule has 1 fully saturated rings. The van der Waals surface area contributed by atoms with E-state index in [0.29, 0.717) is 37.7 Å². The number of benzene rings is 1. The monoisotopic (exact) mass is 482 g/mol. The molecule has 35 heavy (non-hydrogen) atoms. The molecule has 1 atom stereocenters. The first-order chi connectivity index (χ1) is 16.7. The zero-order valence-electron chi connectivity index (χ0n) is 19.2. The van der Waals surface area contributed by atoms with E-state index in [2.05, 4.69) is 19.9 Å². The molecule has 11 heteroatoms. The van der Waals surface area contributed by atoms with Gasteiger partial charge in [0.2, 0.25) is 5.95 Å². The number of anilines is 1. The van der Waals surface area contributed by atoms with E-state index < -0.39 is 23.0 Å². The van der Waals surface area contributed by atoms with Gasteiger partial charge in [-0.15, -0.1) is 0 Å². The fraction of sp³-hybridized carbons (Fsp3) is 0.292. The average molecular weight is 482 g/mol. The van der Waals surface area contributed by atoms with Crippen LogP contribution in [0.4, 0.5) is 19.1 Å². The smallest absolute Gasteiger partial charge is 0.279 e. The molecule has 1 aliphatic heterocycles. The lowest BCUT2D eigenvalue weighted by atomic mass is 10.1. The lowest BCUT2D eigenvalue weighted by Gasteiger charge is -2.33. The Kier molecular flexibility index (Phi) is 5.72. The van der Waals surface area contributed by atoms with Crippen LogP contribution < -0.4 is 10.5 Å². The molecular formula is C24H21F3N6O2. The Morgan fingerprint density at radius 2 is 1.77 bits per heavy atom. The van der Waals surface area contributed by atoms with Gasteiger partial charge in [0.25, 0.3) is 5.56 Å². The van der Waals surface area contributed by atoms with Crippen LogP contribution in [0, 0.1) is 31.3 Å². The highest BCUT2D eigenvalue weighted by atomic mass is 19.2. The van der Waals surface area contributed by atoms with Crippen LogP contribution in [0.1, 0.15) is 23.2 Å². The summed E-state index contributed by atoms with van der Waals surface area (Å²) in [5, 5.41) is 0. The minimum atomic E-state index is -1.33. The number of hydrogen-bond donors (Lipinski definition) is 0. The van der Waals surface area contributed by atoms with Gasteiger partial charge in [0.05, 0.1) is 13.2 Å². The number of aryl methyl sites for hydroxylation is 2. The number of aromatic nitrogens is 5. The number of pyridine rings is 1. The van der Waals surface area contributed by atoms with Gasteiger partial charge in [0.1, 0.15) is 29.0 Å². The maximum absolute atomic E-state index is 14.8. The van der Waals surface area contributed by atoms with Gasteiger partial charge < -0.3 is 9.64 Å². The van der Waals surface area contributed by atoms with E-state index in [9.17, 15) is 18.0 Å². The Morgan fingerprint density at radius 1 is 1.00 bits per heavy atom. The molecule has 1 aromatic carbocycles. The molecular weight excluding hydrogens is 461 g/mol. The summed E-state index contributed by atoms with van der Waals surface area (Å²) in [5.74, 6) is -3.12. The van der Waals surface area contributed by atoms with Crippen LogP contribution in [-0.4, -0.2) is 44.2 Å². The molecule has 0 amide bonds. The number of rotatable bonds is 3. The van der Waals surface area contributed by atoms with Gasteiger partial charge in [-0.25, -0.2) is 28.1 Å². The van der Waals surface area contributed by atoms with Crippen molar-refractivity contribution in [1.29, 1.82) is 0 Å². The predicted octanol–water partition coefficient (Wildman–Crippen LogP) is 3.40. The van der Waals surface area contributed by atoms with Gasteiger partial charge in [-0.05, 0) is 37.6 Å². The van der Waals surface area contributed by atoms with Gasteiger partial charge in [0.15, 0.2) is 17.2 Å². The van der Waals surface area contributed by atoms with E-state index >= 15 is 0 Å². The van der Waals surface area contributed by atoms with Crippen LogP contribution in [0.25, 0.3) is 22.3 Å². The van der Waals surface area contributed by atoms with Gasteiger partial charge in [-0.3, -0.25) is 14.3 Å². The Bertz CT molecular complexity index is 1520. The largest absolute Gasteiger partial charge is 0.370 e. The summed E-state index contributed by atoms with van der Waals surface area (Å²) in [5.41, 5.74) is 0.848. The molecule has 5 rings (SSSR count). The van der Waals surface area contributed by atoms with E-state index in [1.54, 1.807) is 20.2 Å². The van der Waals surface area contributed by atoms with E-state index in [-0.39, 0.29) is 34.3 Å². The minimum Gasteiger partial charge on any atom is -0.370 e. The average Bonchev–Trinajstić information content (AvgIpc) is 2.85. The molecule has 4 aromatic rings. The first-order valence-electron chi connectivity index (χ1n) is 10.9. The standard InChI is InChI=1S/C24H21F3N6O2/c1-12-8-14(4-5-28-12)19-11-33(6-7-35-19)24-30-20(15-9-17(26)18(27)10-16(15)25)21-22(31-24)23(34)32(3)13(2)29-21/h4-5,8-10,19H,6-7,11H2,1-3H3/t19-/m1/s1. The summed E-state index contributed by atoms with van der Waals surface area (Å²) in [6.07, 6.45) is 1.38. The zero-order valence-corrected chi connectivity index (χ0v) is 19.2. The SMILES string of the molecule is Cc1cc([C@H]2CN(c3nc(-c4cc(F)c(F)cc4F)c4nc(C)n(C)c(=O)c4n3)CCO2)ccn1. The summed E-state index contributed by atoms with van der Waals surface area (Å²) >= 11 is 0. The van der Waals surface area contributed by atoms with Gasteiger partial charge in [-0.1, -0.05) is 0 Å². The fourth-order valence-electron chi connectivity index (χ4n) is 4.07. The summed E-state index contributed by atoms with van der Waals surface area (Å²) in [6.45, 7) is 4.60. The summed E-state index contributed by atoms with van der Waals surface area (Å²) < 4.78 is 49.8. The molecule has 1 aliphatic rings. The second-order valence-corrected chi connectivity index (χ2v) is 8.37. The van der Waals surface area contributed by atoms with E-state index in [1.807, 2.05) is 24.0 Å². The summed E-state index contributed by atoms with van der Waals surface area (Å²) in [4.78, 5) is 32.4. The Balaban J connectivity index is 1.68. The van der Waals surface area contributed by atoms with E-state index in [1.165, 1.54) is 4.57 Å². The molecule has 1 saturated heterocycles. The van der Waals surface area contributed by atoms with Crippen LogP contribution >= 0.6 is 0 Å². The minimum absolute atomic E-state index is 0.00817. The van der Waals surface area contributed by atoms with E-state index in [0.717, 1.165) is 11.3 Å². The number of ether oxygens (including phenoxy) is 1. The highest BCUT2D eigenvalue weighted by molar-refractivity contribution is 5.89. The fourth-order valence-corrected chi connectivity index (χ4v) is 4.07. The van der Waals surface area contributed by atoms with Gasteiger partial charge >= 0.3 is 0 Å². The summed E-state index contributed by atoms with van der Waals surface area (Å²) in [7, 11) is 1.54. The number of fused-ring (bicyclic) bond motifs is 1. The molecule has 0 saturated carbocycles. The quantitative estimate of drug-likeness (QED) is 0.414. The molecule has 0 bridgehead atoms. The Labute approximate surface area is 198 Å². The molecule has 0 radical (unpaired) electrons. The highest BCUT2D eigenvalue weighted by Crippen LogP contribution is 2.31. The number of halogens is 3. The molecule has 3 aromatic heterocycles. The van der Waals surface area contributed by atoms with Crippen LogP contribution in [0.15, 0.2) is 35.3 Å². The van der Waals surface area contributed by atoms with Crippen LogP contribution in [-0.2, 0) is 11.8 Å². The van der Waals surface area contributed by atoms with Crippen molar-refractivity contribution in [3.8, 4) is 11.3 Å². The normalized spacial score (nSPS) is 16.2. The highest BCUT2D eigenvalue weighted by Gasteiger charge is 2.27. The molecule has 0 spiro atoms. The van der Waals surface area contributed by atoms with Crippen LogP contribution in [0.3, 0.4) is 0 Å². The maximum Gasteiger partial charge on any atom is 0.279 e. The van der Waals surface area contributed by atoms with Crippen molar-refractivity contribution in [2.45, 2.75) is 20.0 Å². The second-order valence-electron chi connectivity index (χ2n) is 8.37. The first kappa shape index (κ1) is 22.9. The molecule has 0 aliphatic carbocycles. The van der Waals surface area contributed by atoms with Crippen LogP contribution in [0.5, 0.6) is 0 Å². The van der Waals surface area contributed by atoms with Crippen molar-refractivity contribution in [3.63, 3.8) is 0 Å². The van der Waals surface area contributed by atoms with Gasteiger partial charge in [-0.2, -0.15) is 0 Å². The van der Waals surface area contributed by atoms with Crippen molar-refractivity contribution < 1.29 is 17.9 Å². The lowest BCUT2D eigenvalue weighted by Crippen LogP contribution is -2.39. The van der Waals surface area contributed by atoms with Gasteiger partial charge in [0, 0.05) is 37.1 Å². The number of morpholine rings is 1. The lowest BCUT2D eigenvalue weighted by molar-refractivity contribution is 0.0391. The third-order valence-electron chi connectivity index (χ3n) is 6.05. The number of hydrogen-bond acceptors (Lipinski definition) is 7. The van der Waals surface area contributed by atoms with Crippen LogP contribution in [0.2, 0.25) is 0 Å². The predicted molar refractivity (Wildman–Crippen MR) is 123 cm³/mol. The molecule has 0 unspecified atom stereocenters. The van der Waals surface area contributed by atoms with Crippen molar-refractivity contribution in [2.24, 2.45) is 7.05 Å². The van der Waals surface area contributed by atoms with Crippen molar-refractivity contribution in [3.05, 3.63) is 75.3 Å². The third-order valence-corrected chi connectivity index (χ3v) is 6.05. The van der Waals surface area contributed by atoms with Crippen molar-refractivity contribution in [1.82, 2.24) is 24.5 Å². The summed E-state index contributed by atoms with van der Waals surface area (Å²) in [6, 6.07) is 4.93. The Morgan fingerprint density at radius 3 is 2.54 bits per heavy atom. The maximum atomic E-state index is 14.8. The third kappa shape index (κ3) is 4.12. The number of nitrogens with zero attached hydrogens (tertiary/aromatic N) is 6. The van der Waals surface area contributed by atoms with E-state index in [4.69, 9.17) is 4.74 Å². The molecule has 8 nitrogen and oxygen atoms in total. The first-order valence-corrected chi connectivity index (χ1v) is 10.9. The molecule has 0 N–H and O–H groups in total. The zero-order chi connectivity index (χ0) is 24.9.